The predicted octanol–water partition coefficient (Wildman–Crippen LogP) is 3.44. The first-order chi connectivity index (χ1) is 11.7. The van der Waals surface area contributed by atoms with E-state index in [0.29, 0.717) is 4.75 Å². The predicted molar refractivity (Wildman–Crippen MR) is 119 cm³/mol. The second-order valence-electron chi connectivity index (χ2n) is 7.18. The molecule has 4 nitrogen and oxygen atoms in total. The molecule has 0 radical (unpaired) electrons. The fraction of sp³-hybridized carbons (Fsp3) is 0.632. The van der Waals surface area contributed by atoms with Gasteiger partial charge in [-0.2, -0.15) is 0 Å². The van der Waals surface area contributed by atoms with E-state index < -0.39 is 0 Å². The molecule has 1 aromatic rings. The molecular weight excluding hydrogens is 443 g/mol. The van der Waals surface area contributed by atoms with Gasteiger partial charge in [-0.1, -0.05) is 18.2 Å². The van der Waals surface area contributed by atoms with Crippen LogP contribution in [-0.4, -0.2) is 55.9 Å². The minimum absolute atomic E-state index is 0. The molecule has 1 unspecified atom stereocenters. The van der Waals surface area contributed by atoms with Crippen molar-refractivity contribution in [2.75, 3.05) is 40.3 Å². The van der Waals surface area contributed by atoms with Crippen molar-refractivity contribution >= 4 is 41.7 Å². The first kappa shape index (κ1) is 20.8. The van der Waals surface area contributed by atoms with Crippen LogP contribution in [0.1, 0.15) is 25.7 Å². The third-order valence-electron chi connectivity index (χ3n) is 4.97. The van der Waals surface area contributed by atoms with Gasteiger partial charge in [-0.05, 0) is 57.3 Å². The van der Waals surface area contributed by atoms with Gasteiger partial charge in [-0.3, -0.25) is 4.99 Å². The Hall–Kier alpha value is -0.470. The monoisotopic (exact) mass is 474 g/mol. The van der Waals surface area contributed by atoms with Crippen LogP contribution in [0.4, 0.5) is 0 Å². The van der Waals surface area contributed by atoms with Crippen LogP contribution in [0.5, 0.6) is 0 Å². The smallest absolute Gasteiger partial charge is 0.191 e. The maximum absolute atomic E-state index is 4.40. The molecule has 6 heteroatoms. The topological polar surface area (TPSA) is 39.7 Å². The summed E-state index contributed by atoms with van der Waals surface area (Å²) in [6, 6.07) is 10.7. The molecule has 0 bridgehead atoms. The lowest BCUT2D eigenvalue weighted by Crippen LogP contribution is -2.45. The van der Waals surface area contributed by atoms with Gasteiger partial charge in [0, 0.05) is 36.3 Å². The number of hydrogen-bond donors (Lipinski definition) is 2. The minimum atomic E-state index is 0. The Morgan fingerprint density at radius 3 is 2.68 bits per heavy atom. The quantitative estimate of drug-likeness (QED) is 0.377. The van der Waals surface area contributed by atoms with Gasteiger partial charge >= 0.3 is 0 Å². The number of hydrogen-bond acceptors (Lipinski definition) is 3. The highest BCUT2D eigenvalue weighted by atomic mass is 127. The number of rotatable bonds is 6. The summed E-state index contributed by atoms with van der Waals surface area (Å²) < 4.78 is 0.351. The molecule has 3 rings (SSSR count). The van der Waals surface area contributed by atoms with Crippen LogP contribution in [0.15, 0.2) is 40.2 Å². The number of thioether (sulfide) groups is 1. The molecule has 0 spiro atoms. The normalized spacial score (nSPS) is 22.8. The van der Waals surface area contributed by atoms with E-state index in [1.54, 1.807) is 0 Å². The average molecular weight is 474 g/mol. The van der Waals surface area contributed by atoms with Crippen molar-refractivity contribution in [3.63, 3.8) is 0 Å². The van der Waals surface area contributed by atoms with Gasteiger partial charge in [0.25, 0.3) is 0 Å². The maximum atomic E-state index is 4.40. The van der Waals surface area contributed by atoms with Crippen LogP contribution in [0.25, 0.3) is 0 Å². The van der Waals surface area contributed by atoms with Crippen molar-refractivity contribution in [1.29, 1.82) is 0 Å². The van der Waals surface area contributed by atoms with Gasteiger partial charge in [-0.15, -0.1) is 35.7 Å². The molecule has 140 valence electrons. The number of nitrogens with one attached hydrogen (secondary N) is 2. The lowest BCUT2D eigenvalue weighted by Gasteiger charge is -2.30. The van der Waals surface area contributed by atoms with E-state index in [0.717, 1.165) is 25.0 Å². The van der Waals surface area contributed by atoms with Crippen LogP contribution in [0.2, 0.25) is 0 Å². The summed E-state index contributed by atoms with van der Waals surface area (Å²) in [4.78, 5) is 8.20. The van der Waals surface area contributed by atoms with E-state index in [2.05, 4.69) is 57.9 Å². The Morgan fingerprint density at radius 1 is 1.28 bits per heavy atom. The number of halogens is 1. The van der Waals surface area contributed by atoms with Crippen molar-refractivity contribution in [3.05, 3.63) is 30.3 Å². The number of likely N-dealkylation sites (tertiary alicyclic amines) is 1. The average Bonchev–Trinajstić information content (AvgIpc) is 3.36. The highest BCUT2D eigenvalue weighted by Gasteiger charge is 2.43. The molecule has 0 amide bonds. The zero-order valence-electron chi connectivity index (χ0n) is 15.3. The first-order valence-electron chi connectivity index (χ1n) is 9.06. The van der Waals surface area contributed by atoms with Crippen LogP contribution < -0.4 is 10.6 Å². The number of piperidine rings is 1. The van der Waals surface area contributed by atoms with Crippen LogP contribution in [0.3, 0.4) is 0 Å². The Balaban J connectivity index is 0.00000225. The van der Waals surface area contributed by atoms with E-state index >= 15 is 0 Å². The standard InChI is InChI=1S/C19H30N4S.HI/c1-20-18(21-13-16-7-6-12-23(2)14-16)22-15-19(10-11-19)24-17-8-4-3-5-9-17;/h3-5,8-9,16H,6-7,10-15H2,1-2H3,(H2,20,21,22);1H. The highest BCUT2D eigenvalue weighted by molar-refractivity contribution is 14.0. The number of aliphatic imine (C=N–C) groups is 1. The molecular formula is C19H31IN4S. The molecule has 1 aliphatic carbocycles. The molecule has 1 saturated carbocycles. The van der Waals surface area contributed by atoms with Crippen molar-refractivity contribution in [1.82, 2.24) is 15.5 Å². The molecule has 25 heavy (non-hydrogen) atoms. The fourth-order valence-corrected chi connectivity index (χ4v) is 4.58. The summed E-state index contributed by atoms with van der Waals surface area (Å²) in [6.07, 6.45) is 5.20. The Labute approximate surface area is 173 Å². The van der Waals surface area contributed by atoms with Crippen molar-refractivity contribution in [2.45, 2.75) is 35.3 Å². The Kier molecular flexibility index (Phi) is 8.35. The molecule has 1 saturated heterocycles. The van der Waals surface area contributed by atoms with Crippen molar-refractivity contribution in [2.24, 2.45) is 10.9 Å². The molecule has 1 aliphatic heterocycles. The van der Waals surface area contributed by atoms with Crippen molar-refractivity contribution < 1.29 is 0 Å². The van der Waals surface area contributed by atoms with Gasteiger partial charge in [0.15, 0.2) is 5.96 Å². The summed E-state index contributed by atoms with van der Waals surface area (Å²) in [5.41, 5.74) is 0. The Morgan fingerprint density at radius 2 is 2.04 bits per heavy atom. The second-order valence-corrected chi connectivity index (χ2v) is 8.72. The molecule has 1 heterocycles. The molecule has 1 aromatic carbocycles. The van der Waals surface area contributed by atoms with Crippen LogP contribution >= 0.6 is 35.7 Å². The molecule has 2 N–H and O–H groups in total. The fourth-order valence-electron chi connectivity index (χ4n) is 3.34. The van der Waals surface area contributed by atoms with Crippen LogP contribution in [-0.2, 0) is 0 Å². The van der Waals surface area contributed by atoms with E-state index in [1.807, 2.05) is 18.8 Å². The van der Waals surface area contributed by atoms with Crippen LogP contribution in [0, 0.1) is 5.92 Å². The molecule has 0 aromatic heterocycles. The largest absolute Gasteiger partial charge is 0.356 e. The first-order valence-corrected chi connectivity index (χ1v) is 9.88. The lowest BCUT2D eigenvalue weighted by atomic mass is 9.99. The number of nitrogens with zero attached hydrogens (tertiary/aromatic N) is 2. The minimum Gasteiger partial charge on any atom is -0.356 e. The SMILES string of the molecule is CN=C(NCC1CCCN(C)C1)NCC1(Sc2ccccc2)CC1.I. The van der Waals surface area contributed by atoms with Gasteiger partial charge in [0.2, 0.25) is 0 Å². The van der Waals surface area contributed by atoms with E-state index in [9.17, 15) is 0 Å². The third-order valence-corrected chi connectivity index (χ3v) is 6.46. The summed E-state index contributed by atoms with van der Waals surface area (Å²) in [5.74, 6) is 1.68. The highest BCUT2D eigenvalue weighted by Crippen LogP contribution is 2.51. The summed E-state index contributed by atoms with van der Waals surface area (Å²) in [5, 5.41) is 7.07. The number of benzene rings is 1. The zero-order valence-corrected chi connectivity index (χ0v) is 18.5. The van der Waals surface area contributed by atoms with Gasteiger partial charge < -0.3 is 15.5 Å². The zero-order chi connectivity index (χ0) is 16.8. The molecule has 2 aliphatic rings. The maximum Gasteiger partial charge on any atom is 0.191 e. The van der Waals surface area contributed by atoms with Gasteiger partial charge in [0.1, 0.15) is 0 Å². The molecule has 2 fully saturated rings. The van der Waals surface area contributed by atoms with Crippen molar-refractivity contribution in [3.8, 4) is 0 Å². The number of guanidine groups is 1. The third kappa shape index (κ3) is 6.64. The van der Waals surface area contributed by atoms with Gasteiger partial charge in [-0.25, -0.2) is 0 Å². The summed E-state index contributed by atoms with van der Waals surface area (Å²) in [6.45, 7) is 4.43. The van der Waals surface area contributed by atoms with E-state index in [4.69, 9.17) is 0 Å². The summed E-state index contributed by atoms with van der Waals surface area (Å²) in [7, 11) is 4.09. The van der Waals surface area contributed by atoms with Gasteiger partial charge in [0.05, 0.1) is 0 Å². The Bertz CT molecular complexity index is 548. The molecule has 1 atom stereocenters. The van der Waals surface area contributed by atoms with E-state index in [1.165, 1.54) is 43.7 Å². The lowest BCUT2D eigenvalue weighted by molar-refractivity contribution is 0.210. The summed E-state index contributed by atoms with van der Waals surface area (Å²) >= 11 is 2.00. The second kappa shape index (κ2) is 10.0. The van der Waals surface area contributed by atoms with E-state index in [-0.39, 0.29) is 24.0 Å².